The second kappa shape index (κ2) is 12.7. The number of nitrogens with one attached hydrogen (secondary N) is 1. The molecule has 2 aliphatic rings. The Morgan fingerprint density at radius 2 is 1.86 bits per heavy atom. The van der Waals surface area contributed by atoms with Gasteiger partial charge in [-0.15, -0.1) is 0 Å². The molecule has 0 saturated heterocycles. The van der Waals surface area contributed by atoms with Crippen molar-refractivity contribution in [3.05, 3.63) is 101 Å². The molecule has 0 aromatic heterocycles. The number of allylic oxidation sites excluding steroid dienone is 2. The molecule has 1 saturated carbocycles. The minimum absolute atomic E-state index is 0.0511. The molecule has 1 aliphatic carbocycles. The van der Waals surface area contributed by atoms with Crippen LogP contribution in [0.15, 0.2) is 83.8 Å². The lowest BCUT2D eigenvalue weighted by Crippen LogP contribution is -2.45. The molecule has 0 spiro atoms. The minimum Gasteiger partial charge on any atom is -0.400 e. The van der Waals surface area contributed by atoms with Gasteiger partial charge < -0.3 is 20.1 Å². The van der Waals surface area contributed by atoms with E-state index in [1.807, 2.05) is 17.0 Å². The van der Waals surface area contributed by atoms with Crippen molar-refractivity contribution in [1.82, 2.24) is 10.2 Å². The third-order valence-corrected chi connectivity index (χ3v) is 7.15. The number of benzene rings is 2. The third kappa shape index (κ3) is 6.30. The highest BCUT2D eigenvalue weighted by molar-refractivity contribution is 6.32. The van der Waals surface area contributed by atoms with Crippen molar-refractivity contribution in [2.45, 2.75) is 46.1 Å². The van der Waals surface area contributed by atoms with Crippen molar-refractivity contribution in [3.8, 4) is 11.1 Å². The number of hydrogen-bond acceptors (Lipinski definition) is 4. The third-order valence-electron chi connectivity index (χ3n) is 6.74. The predicted octanol–water partition coefficient (Wildman–Crippen LogP) is 6.26. The Labute approximate surface area is 224 Å². The topological polar surface area (TPSA) is 69.6 Å². The summed E-state index contributed by atoms with van der Waals surface area (Å²) in [6.07, 6.45) is 8.39. The van der Waals surface area contributed by atoms with Crippen LogP contribution in [0.25, 0.3) is 16.7 Å². The van der Waals surface area contributed by atoms with E-state index in [1.54, 1.807) is 18.4 Å². The maximum atomic E-state index is 12.7. The number of hydrogen-bond donors (Lipinski definition) is 2. The van der Waals surface area contributed by atoms with E-state index >= 15 is 0 Å². The van der Waals surface area contributed by atoms with Gasteiger partial charge in [0.05, 0.1) is 0 Å². The van der Waals surface area contributed by atoms with Gasteiger partial charge in [-0.05, 0) is 73.1 Å². The number of carbonyl (C=O) groups excluding carboxylic acids is 2. The Balaban J connectivity index is 0.00000186. The lowest BCUT2D eigenvalue weighted by atomic mass is 9.81. The molecule has 4 rings (SSSR count). The predicted molar refractivity (Wildman–Crippen MR) is 151 cm³/mol. The summed E-state index contributed by atoms with van der Waals surface area (Å²) in [6.45, 7) is 10.5. The highest BCUT2D eigenvalue weighted by Gasteiger charge is 2.30. The largest absolute Gasteiger partial charge is 0.400 e. The van der Waals surface area contributed by atoms with Gasteiger partial charge >= 0.3 is 0 Å². The lowest BCUT2D eigenvalue weighted by Gasteiger charge is -2.32. The maximum absolute atomic E-state index is 12.7. The summed E-state index contributed by atoms with van der Waals surface area (Å²) in [5, 5.41) is 10.6. The van der Waals surface area contributed by atoms with Gasteiger partial charge in [0.25, 0.3) is 5.91 Å². The molecule has 0 bridgehead atoms. The van der Waals surface area contributed by atoms with Gasteiger partial charge in [-0.25, -0.2) is 0 Å². The van der Waals surface area contributed by atoms with Crippen LogP contribution in [0, 0.1) is 19.8 Å². The molecule has 0 radical (unpaired) electrons. The smallest absolute Gasteiger partial charge is 0.251 e. The highest BCUT2D eigenvalue weighted by atomic mass is 35.5. The van der Waals surface area contributed by atoms with E-state index in [2.05, 4.69) is 63.0 Å². The molecule has 2 aromatic carbocycles. The maximum Gasteiger partial charge on any atom is 0.251 e. The summed E-state index contributed by atoms with van der Waals surface area (Å²) < 4.78 is 0. The Morgan fingerprint density at radius 3 is 2.49 bits per heavy atom. The fourth-order valence-electron chi connectivity index (χ4n) is 4.73. The summed E-state index contributed by atoms with van der Waals surface area (Å²) in [6, 6.07) is 14.8. The zero-order valence-electron chi connectivity index (χ0n) is 21.9. The molecule has 1 amide bonds. The van der Waals surface area contributed by atoms with Gasteiger partial charge in [0, 0.05) is 36.5 Å². The number of carbonyl (C=O) groups is 2. The van der Waals surface area contributed by atoms with Gasteiger partial charge in [-0.3, -0.25) is 4.79 Å². The number of aldehydes is 1. The average molecular weight is 519 g/mol. The molecule has 1 heterocycles. The van der Waals surface area contributed by atoms with Crippen LogP contribution in [0.4, 0.5) is 0 Å². The summed E-state index contributed by atoms with van der Waals surface area (Å²) in [5.41, 5.74) is 8.00. The lowest BCUT2D eigenvalue weighted by molar-refractivity contribution is -0.121. The zero-order chi connectivity index (χ0) is 27.1. The van der Waals surface area contributed by atoms with E-state index in [9.17, 15) is 9.59 Å². The zero-order valence-corrected chi connectivity index (χ0v) is 22.7. The minimum atomic E-state index is -0.160. The Bertz CT molecular complexity index is 1270. The first-order chi connectivity index (χ1) is 17.8. The highest BCUT2D eigenvalue weighted by Crippen LogP contribution is 2.38. The van der Waals surface area contributed by atoms with E-state index in [0.717, 1.165) is 36.5 Å². The van der Waals surface area contributed by atoms with Crippen LogP contribution in [-0.2, 0) is 9.59 Å². The first-order valence-electron chi connectivity index (χ1n) is 12.5. The van der Waals surface area contributed by atoms with E-state index < -0.39 is 0 Å². The molecule has 37 heavy (non-hydrogen) atoms. The van der Waals surface area contributed by atoms with Crippen molar-refractivity contribution in [2.24, 2.45) is 5.92 Å². The molecule has 5 nitrogen and oxygen atoms in total. The van der Waals surface area contributed by atoms with Gasteiger partial charge in [0.2, 0.25) is 0 Å². The van der Waals surface area contributed by atoms with E-state index in [4.69, 9.17) is 16.7 Å². The monoisotopic (exact) mass is 518 g/mol. The van der Waals surface area contributed by atoms with Crippen LogP contribution in [0.5, 0.6) is 0 Å². The van der Waals surface area contributed by atoms with Gasteiger partial charge in [-0.2, -0.15) is 0 Å². The molecule has 2 aromatic rings. The van der Waals surface area contributed by atoms with Crippen LogP contribution < -0.4 is 5.32 Å². The summed E-state index contributed by atoms with van der Waals surface area (Å²) >= 11 is 6.99. The number of rotatable bonds is 7. The van der Waals surface area contributed by atoms with Crippen molar-refractivity contribution in [1.29, 1.82) is 0 Å². The van der Waals surface area contributed by atoms with E-state index in [1.165, 1.54) is 16.7 Å². The van der Waals surface area contributed by atoms with Crippen molar-refractivity contribution >= 4 is 29.4 Å². The molecule has 2 N–H and O–H groups in total. The van der Waals surface area contributed by atoms with Crippen molar-refractivity contribution < 1.29 is 14.7 Å². The number of nitrogens with zero attached hydrogens (tertiary/aromatic N) is 1. The molecule has 194 valence electrons. The number of amides is 1. The number of aryl methyl sites for hydroxylation is 2. The first-order valence-corrected chi connectivity index (χ1v) is 12.8. The second-order valence-electron chi connectivity index (χ2n) is 9.30. The molecular formula is C31H35ClN2O3. The molecule has 6 heteroatoms. The number of aliphatic hydroxyl groups is 1. The summed E-state index contributed by atoms with van der Waals surface area (Å²) in [7, 11) is 1.00. The van der Waals surface area contributed by atoms with Crippen LogP contribution in [0.3, 0.4) is 0 Å². The van der Waals surface area contributed by atoms with Crippen LogP contribution in [0.1, 0.15) is 42.9 Å². The van der Waals surface area contributed by atoms with Crippen molar-refractivity contribution in [2.75, 3.05) is 7.11 Å². The molecule has 1 fully saturated rings. The Kier molecular flexibility index (Phi) is 9.67. The molecule has 1 aliphatic heterocycles. The van der Waals surface area contributed by atoms with Crippen molar-refractivity contribution in [3.63, 3.8) is 0 Å². The van der Waals surface area contributed by atoms with E-state index in [-0.39, 0.29) is 17.9 Å². The first kappa shape index (κ1) is 28.2. The number of halogens is 1. The Hall–Kier alpha value is -3.41. The molecular weight excluding hydrogens is 484 g/mol. The van der Waals surface area contributed by atoms with Crippen LogP contribution >= 0.6 is 11.6 Å². The SMILES string of the molecule is C=C1C=C(C(=O)NC2CC(C=O)C2)C=CN1/C(Cl)=C(\CC)c1ccccc1-c1ccc(C)cc1C.CO. The summed E-state index contributed by atoms with van der Waals surface area (Å²) in [4.78, 5) is 25.3. The van der Waals surface area contributed by atoms with Crippen LogP contribution in [-0.4, -0.2) is 35.4 Å². The van der Waals surface area contributed by atoms with Crippen LogP contribution in [0.2, 0.25) is 0 Å². The second-order valence-corrected chi connectivity index (χ2v) is 9.66. The summed E-state index contributed by atoms with van der Waals surface area (Å²) in [5.74, 6) is -0.1000. The standard InChI is InChI=1S/C30H31ClN2O2.CH4O/c1-5-25(27-8-6-7-9-28(27)26-11-10-19(2)14-20(26)3)29(31)33-13-12-23(15-21(33)4)30(35)32-24-16-22(17-24)18-34;1-2/h6-15,18,22,24H,4-5,16-17H2,1-3H3,(H,32,35);2H,1H3/b29-25+;. The van der Waals surface area contributed by atoms with Gasteiger partial charge in [-0.1, -0.05) is 73.1 Å². The fraction of sp³-hybridized carbons (Fsp3) is 0.290. The normalized spacial score (nSPS) is 19.1. The Morgan fingerprint density at radius 1 is 1.16 bits per heavy atom. The van der Waals surface area contributed by atoms with Gasteiger partial charge in [0.15, 0.2) is 0 Å². The van der Waals surface area contributed by atoms with E-state index in [0.29, 0.717) is 29.3 Å². The number of aliphatic hydroxyl groups excluding tert-OH is 1. The average Bonchev–Trinajstić information content (AvgIpc) is 2.87. The molecule has 0 atom stereocenters. The quantitative estimate of drug-likeness (QED) is 0.335. The fourth-order valence-corrected chi connectivity index (χ4v) is 5.13. The van der Waals surface area contributed by atoms with Gasteiger partial charge in [0.1, 0.15) is 11.4 Å². The molecule has 0 unspecified atom stereocenters.